The van der Waals surface area contributed by atoms with E-state index in [1.54, 1.807) is 31.2 Å². The number of halogens is 5. The Morgan fingerprint density at radius 2 is 1.45 bits per heavy atom. The Balaban J connectivity index is 0.000000164. The Hall–Kier alpha value is -6.25. The van der Waals surface area contributed by atoms with Crippen molar-refractivity contribution in [2.75, 3.05) is 7.05 Å². The van der Waals surface area contributed by atoms with Crippen molar-refractivity contribution in [1.29, 1.82) is 0 Å². The third-order valence-electron chi connectivity index (χ3n) is 11.4. The number of aromatic amines is 2. The Kier molecular flexibility index (Phi) is 18.1. The number of carbonyl (C=O) groups is 2. The van der Waals surface area contributed by atoms with E-state index in [0.29, 0.717) is 46.4 Å². The molecule has 0 saturated heterocycles. The number of hydrogen-bond acceptors (Lipinski definition) is 6. The predicted molar refractivity (Wildman–Crippen MR) is 244 cm³/mol. The van der Waals surface area contributed by atoms with Crippen LogP contribution < -0.4 is 21.9 Å². The van der Waals surface area contributed by atoms with Crippen molar-refractivity contribution >= 4 is 33.6 Å². The van der Waals surface area contributed by atoms with Crippen molar-refractivity contribution in [2.45, 2.75) is 121 Å². The molecule has 4 heterocycles. The van der Waals surface area contributed by atoms with Crippen LogP contribution in [0.15, 0.2) is 88.8 Å². The van der Waals surface area contributed by atoms with Crippen LogP contribution in [0.5, 0.6) is 0 Å². The van der Waals surface area contributed by atoms with Gasteiger partial charge in [-0.15, -0.1) is 0 Å². The topological polar surface area (TPSA) is 164 Å². The third kappa shape index (κ3) is 14.1. The van der Waals surface area contributed by atoms with E-state index < -0.39 is 34.8 Å². The van der Waals surface area contributed by atoms with Gasteiger partial charge in [0.1, 0.15) is 17.2 Å². The third-order valence-corrected chi connectivity index (χ3v) is 11.4. The SMILES string of the molecule is C1CC1.CCCc1cccc(F)c1.CNC(=O)c1nccc2[nH]ccc(=O)c12.Cc1c(C2CCCCC2)ccc(F)c1F.NC(=O)c1nccc2[nH]c([C@H]3CCCC(F)(F)C3)cc(=O)c12. The van der Waals surface area contributed by atoms with Gasteiger partial charge in [0.15, 0.2) is 22.5 Å². The van der Waals surface area contributed by atoms with Crippen LogP contribution in [0.2, 0.25) is 0 Å². The highest BCUT2D eigenvalue weighted by Crippen LogP contribution is 2.41. The van der Waals surface area contributed by atoms with Crippen LogP contribution in [0.4, 0.5) is 22.0 Å². The summed E-state index contributed by atoms with van der Waals surface area (Å²) >= 11 is 0. The first kappa shape index (κ1) is 49.8. The van der Waals surface area contributed by atoms with Crippen molar-refractivity contribution in [3.63, 3.8) is 0 Å². The quantitative estimate of drug-likeness (QED) is 0.122. The lowest BCUT2D eigenvalue weighted by atomic mass is 9.82. The number of rotatable bonds is 6. The second kappa shape index (κ2) is 23.6. The van der Waals surface area contributed by atoms with E-state index in [1.165, 1.54) is 94.5 Å². The fourth-order valence-electron chi connectivity index (χ4n) is 7.98. The molecule has 0 spiro atoms. The summed E-state index contributed by atoms with van der Waals surface area (Å²) in [5.74, 6) is -5.35. The highest BCUT2D eigenvalue weighted by Gasteiger charge is 2.37. The first-order valence-electron chi connectivity index (χ1n) is 22.2. The number of aryl methyl sites for hydroxylation is 1. The summed E-state index contributed by atoms with van der Waals surface area (Å²) in [7, 11) is 1.50. The largest absolute Gasteiger partial charge is 0.364 e. The van der Waals surface area contributed by atoms with E-state index in [0.717, 1.165) is 36.8 Å². The summed E-state index contributed by atoms with van der Waals surface area (Å²) in [6.07, 6.45) is 17.5. The number of H-pyrrole nitrogens is 2. The molecule has 2 aromatic carbocycles. The summed E-state index contributed by atoms with van der Waals surface area (Å²) in [6, 6.07) is 15.6. The molecule has 15 heteroatoms. The van der Waals surface area contributed by atoms with Gasteiger partial charge in [-0.2, -0.15) is 0 Å². The van der Waals surface area contributed by atoms with E-state index in [2.05, 4.69) is 32.2 Å². The van der Waals surface area contributed by atoms with Gasteiger partial charge in [-0.1, -0.05) is 70.1 Å². The molecular formula is C50H57F5N6O4. The molecule has 10 nitrogen and oxygen atoms in total. The lowest BCUT2D eigenvalue weighted by Gasteiger charge is -2.29. The molecule has 346 valence electrons. The number of benzene rings is 2. The molecule has 6 aromatic rings. The first-order chi connectivity index (χ1) is 31.1. The van der Waals surface area contributed by atoms with Crippen molar-refractivity contribution in [1.82, 2.24) is 25.3 Å². The van der Waals surface area contributed by atoms with E-state index in [-0.39, 0.29) is 46.8 Å². The van der Waals surface area contributed by atoms with Crippen LogP contribution in [0, 0.1) is 24.4 Å². The number of nitrogens with one attached hydrogen (secondary N) is 3. The molecule has 0 aliphatic heterocycles. The lowest BCUT2D eigenvalue weighted by molar-refractivity contribution is -0.0412. The van der Waals surface area contributed by atoms with Crippen molar-refractivity contribution in [3.05, 3.63) is 151 Å². The number of nitrogens with two attached hydrogens (primary N) is 1. The van der Waals surface area contributed by atoms with E-state index in [9.17, 15) is 41.1 Å². The first-order valence-corrected chi connectivity index (χ1v) is 22.2. The highest BCUT2D eigenvalue weighted by atomic mass is 19.3. The minimum absolute atomic E-state index is 0.0984. The molecule has 0 unspecified atom stereocenters. The van der Waals surface area contributed by atoms with Crippen molar-refractivity contribution < 1.29 is 31.5 Å². The van der Waals surface area contributed by atoms with E-state index in [4.69, 9.17) is 5.73 Å². The average Bonchev–Trinajstić information content (AvgIpc) is 4.19. The Morgan fingerprint density at radius 1 is 0.800 bits per heavy atom. The number of fused-ring (bicyclic) bond motifs is 2. The number of primary amides is 1. The normalized spacial score (nSPS) is 16.2. The molecule has 9 rings (SSSR count). The average molecular weight is 901 g/mol. The Bertz CT molecular complexity index is 2670. The number of nitrogens with zero attached hydrogens (tertiary/aromatic N) is 2. The Morgan fingerprint density at radius 3 is 2.08 bits per heavy atom. The van der Waals surface area contributed by atoms with Gasteiger partial charge in [0.2, 0.25) is 5.92 Å². The van der Waals surface area contributed by atoms with Gasteiger partial charge in [0.05, 0.1) is 21.8 Å². The van der Waals surface area contributed by atoms with Gasteiger partial charge in [-0.25, -0.2) is 22.0 Å². The maximum absolute atomic E-state index is 13.6. The van der Waals surface area contributed by atoms with Crippen molar-refractivity contribution in [2.24, 2.45) is 5.73 Å². The highest BCUT2D eigenvalue weighted by molar-refractivity contribution is 6.04. The second-order valence-electron chi connectivity index (χ2n) is 16.5. The maximum atomic E-state index is 13.6. The van der Waals surface area contributed by atoms with Gasteiger partial charge in [-0.3, -0.25) is 29.1 Å². The monoisotopic (exact) mass is 900 g/mol. The van der Waals surface area contributed by atoms with Crippen LogP contribution in [0.3, 0.4) is 0 Å². The zero-order valence-electron chi connectivity index (χ0n) is 37.1. The number of carbonyl (C=O) groups excluding carboxylic acids is 2. The number of hydrogen-bond donors (Lipinski definition) is 4. The molecule has 65 heavy (non-hydrogen) atoms. The van der Waals surface area contributed by atoms with Gasteiger partial charge in [0, 0.05) is 62.2 Å². The number of amides is 2. The molecular weight excluding hydrogens is 844 g/mol. The zero-order valence-corrected chi connectivity index (χ0v) is 37.1. The number of alkyl halides is 2. The molecule has 5 N–H and O–H groups in total. The van der Waals surface area contributed by atoms with Crippen molar-refractivity contribution in [3.8, 4) is 0 Å². The summed E-state index contributed by atoms with van der Waals surface area (Å²) in [5, 5.41) is 2.86. The summed E-state index contributed by atoms with van der Waals surface area (Å²) in [6.45, 7) is 3.77. The summed E-state index contributed by atoms with van der Waals surface area (Å²) in [4.78, 5) is 60.3. The zero-order chi connectivity index (χ0) is 47.1. The molecule has 2 amide bonds. The number of aromatic nitrogens is 4. The minimum Gasteiger partial charge on any atom is -0.364 e. The molecule has 3 aliphatic carbocycles. The smallest absolute Gasteiger partial charge is 0.270 e. The van der Waals surface area contributed by atoms with Gasteiger partial charge >= 0.3 is 0 Å². The van der Waals surface area contributed by atoms with Gasteiger partial charge in [0.25, 0.3) is 11.8 Å². The van der Waals surface area contributed by atoms with Gasteiger partial charge < -0.3 is 21.0 Å². The molecule has 1 atom stereocenters. The molecule has 3 aliphatic rings. The summed E-state index contributed by atoms with van der Waals surface area (Å²) in [5.41, 5.74) is 8.67. The maximum Gasteiger partial charge on any atom is 0.270 e. The standard InChI is InChI=1S/C15H15F2N3O2.C13H16F2.C10H9N3O2.C9H11F.C3H6/c16-15(17)4-1-2-8(7-15)10-6-11(21)12-9(20-10)3-5-19-13(12)14(18)22;1-9-11(7-8-12(14)13(9)15)10-5-3-2-4-6-10;1-11-10(15)9-8-6(2-4-13-9)12-5-3-7(8)14;1-2-4-8-5-3-6-9(10)7-8;1-2-3-1/h3,5-6,8H,1-2,4,7H2,(H2,18,22)(H,20,21);7-8,10H,2-6H2,1H3;2-5H,1H3,(H,11,15)(H,12,14);3,5-7H,2,4H2,1H3;1-3H2/t8-;;;;/m0..../s1. The van der Waals surface area contributed by atoms with Crippen LogP contribution in [0.25, 0.3) is 21.8 Å². The van der Waals surface area contributed by atoms with Gasteiger partial charge in [-0.05, 0) is 92.0 Å². The van der Waals surface area contributed by atoms with Crippen LogP contribution in [-0.4, -0.2) is 44.7 Å². The molecule has 0 radical (unpaired) electrons. The predicted octanol–water partition coefficient (Wildman–Crippen LogP) is 10.9. The van der Waals surface area contributed by atoms with Crippen LogP contribution in [0.1, 0.15) is 146 Å². The summed E-state index contributed by atoms with van der Waals surface area (Å²) < 4.78 is 65.9. The Labute approximate surface area is 374 Å². The molecule has 3 fully saturated rings. The fraction of sp³-hybridized carbons (Fsp3) is 0.400. The molecule has 3 saturated carbocycles. The fourth-order valence-corrected chi connectivity index (χ4v) is 7.98. The van der Waals surface area contributed by atoms with Crippen LogP contribution >= 0.6 is 0 Å². The number of pyridine rings is 4. The molecule has 0 bridgehead atoms. The minimum atomic E-state index is -2.70. The molecule has 4 aromatic heterocycles. The second-order valence-corrected chi connectivity index (χ2v) is 16.5. The van der Waals surface area contributed by atoms with E-state index in [1.807, 2.05) is 6.07 Å². The van der Waals surface area contributed by atoms with Crippen LogP contribution in [-0.2, 0) is 6.42 Å². The van der Waals surface area contributed by atoms with E-state index >= 15 is 0 Å². The lowest BCUT2D eigenvalue weighted by Crippen LogP contribution is -2.26.